The third kappa shape index (κ3) is 6.25. The number of hydrogen-bond acceptors (Lipinski definition) is 2. The summed E-state index contributed by atoms with van der Waals surface area (Å²) in [7, 11) is 0. The first-order valence-corrected chi connectivity index (χ1v) is 7.30. The second-order valence-electron chi connectivity index (χ2n) is 5.09. The van der Waals surface area contributed by atoms with Crippen molar-refractivity contribution in [1.82, 2.24) is 10.2 Å². The topological polar surface area (TPSA) is 49.4 Å². The van der Waals surface area contributed by atoms with Gasteiger partial charge in [-0.1, -0.05) is 30.4 Å². The van der Waals surface area contributed by atoms with Crippen LogP contribution in [0.15, 0.2) is 42.5 Å². The molecule has 0 aliphatic rings. The number of hydrogen-bond donors (Lipinski definition) is 1. The second-order valence-corrected chi connectivity index (χ2v) is 5.09. The SMILES string of the molecule is C=C(C)CN(CC)C(=O)CCCNC(=O)c1ccccc1. The molecule has 1 N–H and O–H groups in total. The standard InChI is InChI=1S/C17H24N2O2/c1-4-19(13-14(2)3)16(20)11-8-12-18-17(21)15-9-6-5-7-10-15/h5-7,9-10H,2,4,8,11-13H2,1,3H3,(H,18,21). The van der Waals surface area contributed by atoms with Crippen LogP contribution in [0.4, 0.5) is 0 Å². The summed E-state index contributed by atoms with van der Waals surface area (Å²) < 4.78 is 0. The summed E-state index contributed by atoms with van der Waals surface area (Å²) in [5.41, 5.74) is 1.61. The maximum absolute atomic E-state index is 12.0. The number of nitrogens with zero attached hydrogens (tertiary/aromatic N) is 1. The Morgan fingerprint density at radius 1 is 1.24 bits per heavy atom. The van der Waals surface area contributed by atoms with E-state index in [2.05, 4.69) is 11.9 Å². The molecule has 0 aliphatic heterocycles. The van der Waals surface area contributed by atoms with Gasteiger partial charge in [0.15, 0.2) is 0 Å². The number of rotatable bonds is 8. The van der Waals surface area contributed by atoms with Gasteiger partial charge < -0.3 is 10.2 Å². The van der Waals surface area contributed by atoms with Crippen molar-refractivity contribution in [3.63, 3.8) is 0 Å². The molecule has 1 rings (SSSR count). The minimum atomic E-state index is -0.0997. The largest absolute Gasteiger partial charge is 0.352 e. The first-order valence-electron chi connectivity index (χ1n) is 7.30. The van der Waals surface area contributed by atoms with Gasteiger partial charge in [-0.3, -0.25) is 9.59 Å². The Morgan fingerprint density at radius 3 is 2.48 bits per heavy atom. The molecule has 0 radical (unpaired) electrons. The van der Waals surface area contributed by atoms with Crippen molar-refractivity contribution in [3.8, 4) is 0 Å². The van der Waals surface area contributed by atoms with Gasteiger partial charge in [0.1, 0.15) is 0 Å². The Hall–Kier alpha value is -2.10. The molecule has 21 heavy (non-hydrogen) atoms. The average molecular weight is 288 g/mol. The molecule has 1 aromatic rings. The monoisotopic (exact) mass is 288 g/mol. The van der Waals surface area contributed by atoms with E-state index in [4.69, 9.17) is 0 Å². The van der Waals surface area contributed by atoms with Crippen LogP contribution >= 0.6 is 0 Å². The van der Waals surface area contributed by atoms with Crippen LogP contribution in [-0.2, 0) is 4.79 Å². The summed E-state index contributed by atoms with van der Waals surface area (Å²) in [5.74, 6) is 0.00629. The van der Waals surface area contributed by atoms with Gasteiger partial charge in [-0.2, -0.15) is 0 Å². The Morgan fingerprint density at radius 2 is 1.90 bits per heavy atom. The number of carbonyl (C=O) groups is 2. The fourth-order valence-electron chi connectivity index (χ4n) is 1.99. The van der Waals surface area contributed by atoms with Crippen LogP contribution in [-0.4, -0.2) is 36.3 Å². The highest BCUT2D eigenvalue weighted by atomic mass is 16.2. The molecule has 4 heteroatoms. The van der Waals surface area contributed by atoms with Gasteiger partial charge in [0.2, 0.25) is 5.91 Å². The summed E-state index contributed by atoms with van der Waals surface area (Å²) >= 11 is 0. The van der Waals surface area contributed by atoms with Crippen molar-refractivity contribution in [2.75, 3.05) is 19.6 Å². The lowest BCUT2D eigenvalue weighted by Crippen LogP contribution is -2.33. The summed E-state index contributed by atoms with van der Waals surface area (Å²) in [6, 6.07) is 9.07. The summed E-state index contributed by atoms with van der Waals surface area (Å²) in [6.07, 6.45) is 1.08. The van der Waals surface area contributed by atoms with Crippen molar-refractivity contribution >= 4 is 11.8 Å². The third-order valence-electron chi connectivity index (χ3n) is 3.08. The molecule has 0 atom stereocenters. The molecule has 0 unspecified atom stereocenters. The zero-order chi connectivity index (χ0) is 15.7. The van der Waals surface area contributed by atoms with Crippen LogP contribution < -0.4 is 5.32 Å². The fourth-order valence-corrected chi connectivity index (χ4v) is 1.99. The van der Waals surface area contributed by atoms with E-state index in [1.165, 1.54) is 0 Å². The predicted octanol–water partition coefficient (Wildman–Crippen LogP) is 2.62. The fraction of sp³-hybridized carbons (Fsp3) is 0.412. The molecule has 0 saturated heterocycles. The number of benzene rings is 1. The highest BCUT2D eigenvalue weighted by Gasteiger charge is 2.11. The van der Waals surface area contributed by atoms with Gasteiger partial charge in [-0.05, 0) is 32.4 Å². The van der Waals surface area contributed by atoms with Gasteiger partial charge in [0.05, 0.1) is 0 Å². The van der Waals surface area contributed by atoms with E-state index in [1.54, 1.807) is 17.0 Å². The molecule has 0 heterocycles. The molecule has 0 spiro atoms. The first kappa shape index (κ1) is 17.0. The quantitative estimate of drug-likeness (QED) is 0.590. The van der Waals surface area contributed by atoms with Crippen molar-refractivity contribution in [2.24, 2.45) is 0 Å². The molecular formula is C17H24N2O2. The molecular weight excluding hydrogens is 264 g/mol. The summed E-state index contributed by atoms with van der Waals surface area (Å²) in [5, 5.41) is 2.82. The molecule has 0 aliphatic carbocycles. The highest BCUT2D eigenvalue weighted by molar-refractivity contribution is 5.94. The van der Waals surface area contributed by atoms with E-state index >= 15 is 0 Å². The second kappa shape index (κ2) is 8.95. The van der Waals surface area contributed by atoms with Gasteiger partial charge in [-0.25, -0.2) is 0 Å². The molecule has 4 nitrogen and oxygen atoms in total. The van der Waals surface area contributed by atoms with E-state index in [1.807, 2.05) is 32.0 Å². The highest BCUT2D eigenvalue weighted by Crippen LogP contribution is 2.02. The lowest BCUT2D eigenvalue weighted by atomic mass is 10.2. The number of amides is 2. The molecule has 1 aromatic carbocycles. The Kier molecular flexibility index (Phi) is 7.23. The van der Waals surface area contributed by atoms with Crippen LogP contribution in [0.1, 0.15) is 37.0 Å². The maximum Gasteiger partial charge on any atom is 0.251 e. The van der Waals surface area contributed by atoms with Gasteiger partial charge in [-0.15, -0.1) is 0 Å². The van der Waals surface area contributed by atoms with Crippen LogP contribution in [0.3, 0.4) is 0 Å². The number of carbonyl (C=O) groups excluding carboxylic acids is 2. The van der Waals surface area contributed by atoms with Gasteiger partial charge in [0.25, 0.3) is 5.91 Å². The number of likely N-dealkylation sites (N-methyl/N-ethyl adjacent to an activating group) is 1. The van der Waals surface area contributed by atoms with E-state index in [0.717, 1.165) is 5.57 Å². The summed E-state index contributed by atoms with van der Waals surface area (Å²) in [6.45, 7) is 9.49. The molecule has 0 fully saturated rings. The van der Waals surface area contributed by atoms with Crippen molar-refractivity contribution in [3.05, 3.63) is 48.0 Å². The minimum absolute atomic E-state index is 0.0997. The molecule has 114 valence electrons. The van der Waals surface area contributed by atoms with Crippen LogP contribution in [0, 0.1) is 0 Å². The lowest BCUT2D eigenvalue weighted by Gasteiger charge is -2.20. The zero-order valence-electron chi connectivity index (χ0n) is 12.9. The van der Waals surface area contributed by atoms with Gasteiger partial charge in [0, 0.05) is 31.6 Å². The van der Waals surface area contributed by atoms with Crippen LogP contribution in [0.2, 0.25) is 0 Å². The van der Waals surface area contributed by atoms with Crippen LogP contribution in [0.25, 0.3) is 0 Å². The Balaban J connectivity index is 2.28. The third-order valence-corrected chi connectivity index (χ3v) is 3.08. The lowest BCUT2D eigenvalue weighted by molar-refractivity contribution is -0.130. The minimum Gasteiger partial charge on any atom is -0.352 e. The molecule has 0 bridgehead atoms. The van der Waals surface area contributed by atoms with Crippen molar-refractivity contribution in [1.29, 1.82) is 0 Å². The van der Waals surface area contributed by atoms with E-state index in [-0.39, 0.29) is 11.8 Å². The molecule has 0 aromatic heterocycles. The zero-order valence-corrected chi connectivity index (χ0v) is 12.9. The Bertz CT molecular complexity index is 483. The number of nitrogens with one attached hydrogen (secondary N) is 1. The summed E-state index contributed by atoms with van der Waals surface area (Å²) in [4.78, 5) is 25.6. The Labute approximate surface area is 126 Å². The maximum atomic E-state index is 12.0. The van der Waals surface area contributed by atoms with Crippen molar-refractivity contribution in [2.45, 2.75) is 26.7 Å². The van der Waals surface area contributed by atoms with Crippen molar-refractivity contribution < 1.29 is 9.59 Å². The van der Waals surface area contributed by atoms with E-state index in [0.29, 0.717) is 38.0 Å². The van der Waals surface area contributed by atoms with Gasteiger partial charge >= 0.3 is 0 Å². The first-order chi connectivity index (χ1) is 10.0. The normalized spacial score (nSPS) is 10.0. The predicted molar refractivity (Wildman–Crippen MR) is 85.1 cm³/mol. The van der Waals surface area contributed by atoms with E-state index < -0.39 is 0 Å². The molecule has 0 saturated carbocycles. The molecule has 2 amide bonds. The average Bonchev–Trinajstić information content (AvgIpc) is 2.49. The van der Waals surface area contributed by atoms with E-state index in [9.17, 15) is 9.59 Å². The smallest absolute Gasteiger partial charge is 0.251 e. The van der Waals surface area contributed by atoms with Crippen LogP contribution in [0.5, 0.6) is 0 Å².